The van der Waals surface area contributed by atoms with Crippen molar-refractivity contribution < 1.29 is 31.1 Å². The second-order valence-electron chi connectivity index (χ2n) is 5.49. The number of nitrogens with one attached hydrogen (secondary N) is 3. The van der Waals surface area contributed by atoms with Crippen LogP contribution in [0.5, 0.6) is 0 Å². The first-order valence-corrected chi connectivity index (χ1v) is 7.65. The van der Waals surface area contributed by atoms with Crippen molar-refractivity contribution in [3.05, 3.63) is 54.1 Å². The van der Waals surface area contributed by atoms with Gasteiger partial charge in [0.25, 0.3) is 0 Å². The van der Waals surface area contributed by atoms with Gasteiger partial charge in [-0.05, 0) is 30.3 Å². The molecule has 0 saturated heterocycles. The number of carbonyl (C=O) groups is 1. The number of carbonyl (C=O) groups excluding carboxylic acids is 1. The molecule has 3 N–H and O–H groups in total. The van der Waals surface area contributed by atoms with Crippen molar-refractivity contribution >= 4 is 23.0 Å². The minimum absolute atomic E-state index is 0.0715. The van der Waals surface area contributed by atoms with Crippen molar-refractivity contribution in [3.63, 3.8) is 0 Å². The van der Waals surface area contributed by atoms with Gasteiger partial charge in [-0.25, -0.2) is 0 Å². The van der Waals surface area contributed by atoms with Gasteiger partial charge in [-0.2, -0.15) is 26.3 Å². The maximum absolute atomic E-state index is 12.7. The summed E-state index contributed by atoms with van der Waals surface area (Å²) in [5.41, 5.74) is -0.585. The van der Waals surface area contributed by atoms with Gasteiger partial charge < -0.3 is 16.0 Å². The Bertz CT molecular complexity index is 789. The van der Waals surface area contributed by atoms with Crippen molar-refractivity contribution in [2.45, 2.75) is 12.4 Å². The number of alkyl halides is 6. The van der Waals surface area contributed by atoms with Gasteiger partial charge in [0.05, 0.1) is 23.5 Å². The maximum atomic E-state index is 12.7. The lowest BCUT2D eigenvalue weighted by Gasteiger charge is -2.15. The molecule has 0 aliphatic heterocycles. The molecule has 4 nitrogen and oxygen atoms in total. The van der Waals surface area contributed by atoms with Crippen LogP contribution in [-0.4, -0.2) is 25.2 Å². The Morgan fingerprint density at radius 2 is 1.52 bits per heavy atom. The molecule has 0 heterocycles. The van der Waals surface area contributed by atoms with Gasteiger partial charge in [0.15, 0.2) is 0 Å². The fourth-order valence-electron chi connectivity index (χ4n) is 2.12. The molecule has 1 amide bonds. The van der Waals surface area contributed by atoms with E-state index in [2.05, 4.69) is 16.0 Å². The number of para-hydroxylation sites is 2. The lowest BCUT2D eigenvalue weighted by atomic mass is 10.2. The quantitative estimate of drug-likeness (QED) is 0.624. The van der Waals surface area contributed by atoms with Gasteiger partial charge in [0, 0.05) is 5.69 Å². The summed E-state index contributed by atoms with van der Waals surface area (Å²) in [5.74, 6) is -0.631. The Balaban J connectivity index is 1.97. The zero-order valence-electron chi connectivity index (χ0n) is 13.7. The molecule has 0 aromatic heterocycles. The van der Waals surface area contributed by atoms with E-state index in [1.807, 2.05) is 0 Å². The Kier molecular flexibility index (Phi) is 6.19. The van der Waals surface area contributed by atoms with Crippen molar-refractivity contribution in [1.29, 1.82) is 0 Å². The van der Waals surface area contributed by atoms with Crippen LogP contribution in [0.15, 0.2) is 48.5 Å². The number of rotatable bonds is 6. The first-order valence-electron chi connectivity index (χ1n) is 7.65. The monoisotopic (exact) mass is 391 g/mol. The topological polar surface area (TPSA) is 53.2 Å². The third-order valence-corrected chi connectivity index (χ3v) is 3.32. The first kappa shape index (κ1) is 20.4. The molecule has 0 atom stereocenters. The lowest BCUT2D eigenvalue weighted by Crippen LogP contribution is -2.24. The van der Waals surface area contributed by atoms with E-state index in [1.165, 1.54) is 36.4 Å². The molecule has 146 valence electrons. The van der Waals surface area contributed by atoms with Crippen LogP contribution in [0.2, 0.25) is 0 Å². The molecule has 0 saturated carbocycles. The van der Waals surface area contributed by atoms with Crippen molar-refractivity contribution in [3.8, 4) is 0 Å². The Labute approximate surface area is 150 Å². The summed E-state index contributed by atoms with van der Waals surface area (Å²) in [6, 6.07) is 10.1. The molecule has 0 radical (unpaired) electrons. The van der Waals surface area contributed by atoms with E-state index in [9.17, 15) is 31.1 Å². The van der Waals surface area contributed by atoms with Gasteiger partial charge >= 0.3 is 12.4 Å². The molecule has 0 spiro atoms. The molecule has 27 heavy (non-hydrogen) atoms. The standard InChI is InChI=1S/C17H15F6N3O/c18-16(19,20)10-25-13-6-1-2-7-14(13)26-15(27)9-24-12-5-3-4-11(8-12)17(21,22)23/h1-8,24-25H,9-10H2,(H,26,27). The molecule has 2 aromatic carbocycles. The molecule has 2 rings (SSSR count). The van der Waals surface area contributed by atoms with Crippen LogP contribution < -0.4 is 16.0 Å². The number of benzene rings is 2. The van der Waals surface area contributed by atoms with Crippen LogP contribution >= 0.6 is 0 Å². The van der Waals surface area contributed by atoms with Gasteiger partial charge in [0.1, 0.15) is 6.54 Å². The zero-order chi connectivity index (χ0) is 20.1. The minimum atomic E-state index is -4.51. The maximum Gasteiger partial charge on any atom is 0.416 e. The predicted molar refractivity (Wildman–Crippen MR) is 89.6 cm³/mol. The van der Waals surface area contributed by atoms with E-state index in [1.54, 1.807) is 0 Å². The summed E-state index contributed by atoms with van der Waals surface area (Å²) < 4.78 is 74.9. The van der Waals surface area contributed by atoms with Crippen LogP contribution in [0.25, 0.3) is 0 Å². The van der Waals surface area contributed by atoms with Gasteiger partial charge in [-0.15, -0.1) is 0 Å². The third kappa shape index (κ3) is 6.72. The molecular formula is C17H15F6N3O. The molecule has 0 bridgehead atoms. The Morgan fingerprint density at radius 3 is 2.15 bits per heavy atom. The second-order valence-corrected chi connectivity index (χ2v) is 5.49. The summed E-state index contributed by atoms with van der Waals surface area (Å²) >= 11 is 0. The highest BCUT2D eigenvalue weighted by Gasteiger charge is 2.30. The van der Waals surface area contributed by atoms with E-state index in [0.717, 1.165) is 12.1 Å². The van der Waals surface area contributed by atoms with Crippen LogP contribution in [0.1, 0.15) is 5.56 Å². The highest BCUT2D eigenvalue weighted by Crippen LogP contribution is 2.30. The number of anilines is 3. The molecule has 10 heteroatoms. The summed E-state index contributed by atoms with van der Waals surface area (Å²) in [6.45, 7) is -1.64. The highest BCUT2D eigenvalue weighted by molar-refractivity contribution is 5.96. The van der Waals surface area contributed by atoms with Gasteiger partial charge in [-0.3, -0.25) is 4.79 Å². The number of halogens is 6. The van der Waals surface area contributed by atoms with E-state index in [0.29, 0.717) is 0 Å². The molecule has 0 fully saturated rings. The molecular weight excluding hydrogens is 376 g/mol. The average Bonchev–Trinajstić information content (AvgIpc) is 2.58. The highest BCUT2D eigenvalue weighted by atomic mass is 19.4. The minimum Gasteiger partial charge on any atom is -0.376 e. The smallest absolute Gasteiger partial charge is 0.376 e. The number of hydrogen-bond donors (Lipinski definition) is 3. The van der Waals surface area contributed by atoms with Crippen LogP contribution in [0, 0.1) is 0 Å². The van der Waals surface area contributed by atoms with Crippen LogP contribution in [0.3, 0.4) is 0 Å². The third-order valence-electron chi connectivity index (χ3n) is 3.32. The largest absolute Gasteiger partial charge is 0.416 e. The number of amides is 1. The van der Waals surface area contributed by atoms with Gasteiger partial charge in [-0.1, -0.05) is 18.2 Å². The second kappa shape index (κ2) is 8.19. The average molecular weight is 391 g/mol. The summed E-state index contributed by atoms with van der Waals surface area (Å²) in [4.78, 5) is 12.0. The van der Waals surface area contributed by atoms with Crippen molar-refractivity contribution in [2.24, 2.45) is 0 Å². The van der Waals surface area contributed by atoms with Crippen molar-refractivity contribution in [2.75, 3.05) is 29.0 Å². The summed E-state index contributed by atoms with van der Waals surface area (Å²) in [6.07, 6.45) is -8.94. The summed E-state index contributed by atoms with van der Waals surface area (Å²) in [7, 11) is 0. The fraction of sp³-hybridized carbons (Fsp3) is 0.235. The predicted octanol–water partition coefficient (Wildman–Crippen LogP) is 4.73. The van der Waals surface area contributed by atoms with E-state index < -0.39 is 30.4 Å². The Hall–Kier alpha value is -2.91. The number of hydrogen-bond acceptors (Lipinski definition) is 3. The SMILES string of the molecule is O=C(CNc1cccc(C(F)(F)F)c1)Nc1ccccc1NCC(F)(F)F. The molecule has 2 aromatic rings. The lowest BCUT2D eigenvalue weighted by molar-refractivity contribution is -0.137. The Morgan fingerprint density at radius 1 is 0.852 bits per heavy atom. The molecule has 0 aliphatic carbocycles. The normalized spacial score (nSPS) is 11.8. The van der Waals surface area contributed by atoms with Crippen LogP contribution in [-0.2, 0) is 11.0 Å². The molecule has 0 unspecified atom stereocenters. The molecule has 0 aliphatic rings. The zero-order valence-corrected chi connectivity index (χ0v) is 13.7. The van der Waals surface area contributed by atoms with Gasteiger partial charge in [0.2, 0.25) is 5.91 Å². The van der Waals surface area contributed by atoms with Crippen LogP contribution in [0.4, 0.5) is 43.4 Å². The first-order chi connectivity index (χ1) is 12.5. The van der Waals surface area contributed by atoms with Crippen molar-refractivity contribution in [1.82, 2.24) is 0 Å². The summed E-state index contributed by atoms with van der Waals surface area (Å²) in [5, 5.41) is 7.12. The van der Waals surface area contributed by atoms with E-state index in [-0.39, 0.29) is 23.6 Å². The van der Waals surface area contributed by atoms with E-state index in [4.69, 9.17) is 0 Å². The van der Waals surface area contributed by atoms with E-state index >= 15 is 0 Å². The fourth-order valence-corrected chi connectivity index (χ4v) is 2.12.